The highest BCUT2D eigenvalue weighted by Gasteiger charge is 2.38. The van der Waals surface area contributed by atoms with E-state index < -0.39 is 150 Å². The zero-order chi connectivity index (χ0) is 79.1. The standard InChI is InChI=1S/C71H124N22O14/c1-45(2)42-56-69(104)88-55(32-33-59(79)94)68(103)86-50(27-8-16-36-74)63(98)81-49(26-7-15-35-73)62(97)85-54(31-12-20-40-80-60(95)58-44-93(92-91-58)41-21-13-24-47(78)71(106)107)65(100)82-48(25-6-14-34-72)61(96)84-53(30-11-19-39-77)67(102)90-57(43-46-22-4-3-5-23-46)70(105)87-51(28-9-17-37-75)64(99)83-52(66(101)89-56)29-10-18-38-76/h3-5,22-23,44-45,47-57H,6-21,24-43,72-78H2,1-2H3,(H2,79,94)(H,80,95)(H,81,98)(H,82,100)(H,83,99)(H,84,96)(H,85,97)(H,86,103)(H,87,105)(H,88,104)(H,89,101)(H,90,102)(H,106,107)/t47-,48-,49-,50-,51-,52-,53-,54-,55-,56-,57-/m0/s1. The third-order valence-electron chi connectivity index (χ3n) is 18.1. The number of rotatable bonds is 43. The number of primary amides is 1. The summed E-state index contributed by atoms with van der Waals surface area (Å²) in [5.41, 5.74) is 47.3. The number of carboxylic acid groups (broad SMARTS) is 1. The summed E-state index contributed by atoms with van der Waals surface area (Å²) >= 11 is 0. The molecule has 3 rings (SSSR count). The first-order valence-corrected chi connectivity index (χ1v) is 38.0. The molecule has 107 heavy (non-hydrogen) atoms. The highest BCUT2D eigenvalue weighted by atomic mass is 16.4. The molecule has 0 aliphatic carbocycles. The Hall–Kier alpha value is -8.81. The van der Waals surface area contributed by atoms with E-state index in [1.165, 1.54) is 10.9 Å². The van der Waals surface area contributed by atoms with Crippen molar-refractivity contribution in [2.75, 3.05) is 45.8 Å². The van der Waals surface area contributed by atoms with Crippen molar-refractivity contribution in [3.05, 3.63) is 47.8 Å². The summed E-state index contributed by atoms with van der Waals surface area (Å²) in [6, 6.07) is -6.37. The van der Waals surface area contributed by atoms with E-state index in [-0.39, 0.29) is 154 Å². The van der Waals surface area contributed by atoms with Crippen LogP contribution in [-0.4, -0.2) is 209 Å². The molecular formula is C71H124N22O14. The van der Waals surface area contributed by atoms with Gasteiger partial charge in [-0.1, -0.05) is 49.4 Å². The summed E-state index contributed by atoms with van der Waals surface area (Å²) in [5, 5.41) is 47.6. The van der Waals surface area contributed by atoms with Crippen molar-refractivity contribution in [2.24, 2.45) is 51.8 Å². The van der Waals surface area contributed by atoms with Crippen LogP contribution in [0.1, 0.15) is 203 Å². The van der Waals surface area contributed by atoms with E-state index in [4.69, 9.17) is 51.0 Å². The smallest absolute Gasteiger partial charge is 0.320 e. The lowest BCUT2D eigenvalue weighted by Crippen LogP contribution is -2.61. The molecule has 1 saturated heterocycles. The lowest BCUT2D eigenvalue weighted by molar-refractivity contribution is -0.138. The molecule has 1 aliphatic rings. The van der Waals surface area contributed by atoms with E-state index in [2.05, 4.69) is 68.8 Å². The summed E-state index contributed by atoms with van der Waals surface area (Å²) in [7, 11) is 0. The van der Waals surface area contributed by atoms with Crippen molar-refractivity contribution >= 4 is 76.9 Å². The maximum absolute atomic E-state index is 15.1. The number of aromatic nitrogens is 3. The van der Waals surface area contributed by atoms with Gasteiger partial charge >= 0.3 is 5.97 Å². The van der Waals surface area contributed by atoms with Gasteiger partial charge in [-0.2, -0.15) is 0 Å². The van der Waals surface area contributed by atoms with E-state index in [0.29, 0.717) is 89.2 Å². The minimum absolute atomic E-state index is 0.000580. The average molecular weight is 1510 g/mol. The van der Waals surface area contributed by atoms with Crippen molar-refractivity contribution in [2.45, 2.75) is 267 Å². The van der Waals surface area contributed by atoms with Gasteiger partial charge in [0, 0.05) is 25.9 Å². The van der Waals surface area contributed by atoms with Crippen molar-refractivity contribution in [3.63, 3.8) is 0 Å². The minimum Gasteiger partial charge on any atom is -0.480 e. The fourth-order valence-corrected chi connectivity index (χ4v) is 11.9. The molecule has 28 N–H and O–H groups in total. The van der Waals surface area contributed by atoms with Gasteiger partial charge in [0.2, 0.25) is 65.0 Å². The van der Waals surface area contributed by atoms with Gasteiger partial charge < -0.3 is 109 Å². The Bertz CT molecular complexity index is 3070. The number of nitrogens with two attached hydrogens (primary N) is 8. The van der Waals surface area contributed by atoms with Gasteiger partial charge in [0.15, 0.2) is 5.69 Å². The second kappa shape index (κ2) is 53.1. The number of aliphatic carboxylic acids is 1. The Labute approximate surface area is 627 Å². The summed E-state index contributed by atoms with van der Waals surface area (Å²) in [6.45, 7) is 5.23. The number of carbonyl (C=O) groups excluding carboxylic acids is 12. The van der Waals surface area contributed by atoms with Crippen LogP contribution in [0.3, 0.4) is 0 Å². The molecule has 0 unspecified atom stereocenters. The molecule has 0 spiro atoms. The van der Waals surface area contributed by atoms with Gasteiger partial charge in [-0.15, -0.1) is 5.10 Å². The van der Waals surface area contributed by atoms with E-state index >= 15 is 4.79 Å². The number of benzene rings is 1. The topological polar surface area (TPSA) is 613 Å². The molecule has 1 aromatic heterocycles. The number of unbranched alkanes of at least 4 members (excludes halogenated alkanes) is 8. The van der Waals surface area contributed by atoms with E-state index in [9.17, 15) is 57.5 Å². The summed E-state index contributed by atoms with van der Waals surface area (Å²) in [5.74, 6) is -11.2. The third-order valence-corrected chi connectivity index (χ3v) is 18.1. The number of amides is 12. The molecule has 0 radical (unpaired) electrons. The normalized spacial score (nSPS) is 22.0. The molecule has 602 valence electrons. The molecule has 11 atom stereocenters. The predicted octanol–water partition coefficient (Wildman–Crippen LogP) is -3.05. The van der Waals surface area contributed by atoms with E-state index in [1.807, 2.05) is 0 Å². The fraction of sp³-hybridized carbons (Fsp3) is 0.704. The largest absolute Gasteiger partial charge is 0.480 e. The van der Waals surface area contributed by atoms with Gasteiger partial charge in [0.25, 0.3) is 5.91 Å². The average Bonchev–Trinajstić information content (AvgIpc) is 1.47. The van der Waals surface area contributed by atoms with Gasteiger partial charge in [-0.3, -0.25) is 67.0 Å². The SMILES string of the molecule is CC(C)C[C@@H]1NC(=O)[C@H](CCCCN)NC(=O)[C@H](CCCCN)NC(=O)[C@H](Cc2ccccc2)NC(=O)[C@H](CCCCN)NC(=O)[C@H](CCCCN)NC(=O)[C@H](CCCCNC(=O)c2cn(CCCC[C@H](N)C(=O)O)nn2)NC(=O)[C@H](CCCCN)NC(=O)[C@H](CCCCN)NC(=O)[C@H](CCC(N)=O)NC1=O. The van der Waals surface area contributed by atoms with E-state index in [1.54, 1.807) is 44.2 Å². The molecule has 2 heterocycles. The van der Waals surface area contributed by atoms with Crippen LogP contribution in [0.15, 0.2) is 36.5 Å². The maximum Gasteiger partial charge on any atom is 0.320 e. The predicted molar refractivity (Wildman–Crippen MR) is 400 cm³/mol. The molecule has 2 aromatic rings. The van der Waals surface area contributed by atoms with Gasteiger partial charge in [0.05, 0.1) is 6.20 Å². The Morgan fingerprint density at radius 2 is 0.757 bits per heavy atom. The molecule has 1 aromatic carbocycles. The number of nitrogens with one attached hydrogen (secondary N) is 11. The lowest BCUT2D eigenvalue weighted by atomic mass is 10.00. The first-order chi connectivity index (χ1) is 51.3. The Kier molecular flexibility index (Phi) is 45.8. The Balaban J connectivity index is 2.30. The van der Waals surface area contributed by atoms with Crippen LogP contribution >= 0.6 is 0 Å². The highest BCUT2D eigenvalue weighted by Crippen LogP contribution is 2.16. The molecule has 0 bridgehead atoms. The van der Waals surface area contributed by atoms with Crippen LogP contribution in [0.25, 0.3) is 0 Å². The zero-order valence-electron chi connectivity index (χ0n) is 62.6. The molecule has 0 saturated carbocycles. The third kappa shape index (κ3) is 37.0. The number of nitrogens with zero attached hydrogens (tertiary/aromatic N) is 3. The Morgan fingerprint density at radius 3 is 1.09 bits per heavy atom. The number of carboxylic acids is 1. The molecule has 12 amide bonds. The van der Waals surface area contributed by atoms with Crippen molar-refractivity contribution in [1.82, 2.24) is 73.5 Å². The van der Waals surface area contributed by atoms with Crippen LogP contribution in [-0.2, 0) is 70.5 Å². The summed E-state index contributed by atoms with van der Waals surface area (Å²) in [4.78, 5) is 185. The monoisotopic (exact) mass is 1510 g/mol. The lowest BCUT2D eigenvalue weighted by Gasteiger charge is -2.29. The Morgan fingerprint density at radius 1 is 0.439 bits per heavy atom. The molecular weight excluding hydrogens is 1380 g/mol. The van der Waals surface area contributed by atoms with Gasteiger partial charge in [0.1, 0.15) is 66.5 Å². The molecule has 36 nitrogen and oxygen atoms in total. The van der Waals surface area contributed by atoms with Crippen molar-refractivity contribution in [1.29, 1.82) is 0 Å². The number of hydrogen-bond acceptors (Lipinski definition) is 22. The highest BCUT2D eigenvalue weighted by molar-refractivity contribution is 6.00. The van der Waals surface area contributed by atoms with Crippen LogP contribution < -0.4 is 104 Å². The number of aryl methyl sites for hydroxylation is 1. The first-order valence-electron chi connectivity index (χ1n) is 38.0. The summed E-state index contributed by atoms with van der Waals surface area (Å²) in [6.07, 6.45) is 6.16. The number of carbonyl (C=O) groups is 13. The van der Waals surface area contributed by atoms with Crippen LogP contribution in [0, 0.1) is 5.92 Å². The molecule has 1 fully saturated rings. The second-order valence-electron chi connectivity index (χ2n) is 27.7. The van der Waals surface area contributed by atoms with Crippen molar-refractivity contribution in [3.8, 4) is 0 Å². The second-order valence-corrected chi connectivity index (χ2v) is 27.7. The zero-order valence-corrected chi connectivity index (χ0v) is 62.6. The van der Waals surface area contributed by atoms with Crippen LogP contribution in [0.4, 0.5) is 0 Å². The van der Waals surface area contributed by atoms with Crippen LogP contribution in [0.2, 0.25) is 0 Å². The van der Waals surface area contributed by atoms with Crippen molar-refractivity contribution < 1.29 is 67.4 Å². The quantitative estimate of drug-likeness (QED) is 0.0293. The summed E-state index contributed by atoms with van der Waals surface area (Å²) < 4.78 is 1.44. The van der Waals surface area contributed by atoms with Crippen LogP contribution in [0.5, 0.6) is 0 Å². The van der Waals surface area contributed by atoms with Gasteiger partial charge in [-0.25, -0.2) is 0 Å². The first kappa shape index (κ1) is 92.4. The van der Waals surface area contributed by atoms with Gasteiger partial charge in [-0.05, 0) is 218 Å². The molecule has 36 heteroatoms. The fourth-order valence-electron chi connectivity index (χ4n) is 11.9. The number of hydrogen-bond donors (Lipinski definition) is 20. The minimum atomic E-state index is -1.56. The molecule has 1 aliphatic heterocycles. The van der Waals surface area contributed by atoms with E-state index in [0.717, 1.165) is 0 Å². The maximum atomic E-state index is 15.1.